The number of halogens is 1. The average molecular weight is 277 g/mol. The maximum atomic E-state index is 13.4. The molecule has 2 aliphatic heterocycles. The number of nitrogens with two attached hydrogens (primary N) is 1. The molecule has 2 fully saturated rings. The third-order valence-electron chi connectivity index (χ3n) is 4.29. The number of nitrogens with zero attached hydrogens (tertiary/aromatic N) is 2. The summed E-state index contributed by atoms with van der Waals surface area (Å²) in [6.07, 6.45) is 3.63. The summed E-state index contributed by atoms with van der Waals surface area (Å²) in [6.45, 7) is 3.52. The van der Waals surface area contributed by atoms with Crippen LogP contribution in [0.3, 0.4) is 0 Å². The molecule has 0 aromatic heterocycles. The first kappa shape index (κ1) is 13.4. The lowest BCUT2D eigenvalue weighted by Crippen LogP contribution is -2.56. The van der Waals surface area contributed by atoms with Gasteiger partial charge in [0, 0.05) is 36.9 Å². The number of nitrogen functional groups attached to an aromatic ring is 1. The van der Waals surface area contributed by atoms with Crippen LogP contribution in [0.2, 0.25) is 0 Å². The van der Waals surface area contributed by atoms with E-state index in [4.69, 9.17) is 5.73 Å². The van der Waals surface area contributed by atoms with E-state index in [2.05, 4.69) is 4.90 Å². The number of hydrogen-bond acceptors (Lipinski definition) is 3. The number of fused-ring (bicyclic) bond motifs is 1. The molecule has 2 heterocycles. The van der Waals surface area contributed by atoms with Crippen molar-refractivity contribution in [2.24, 2.45) is 0 Å². The molecule has 0 spiro atoms. The number of rotatable bonds is 1. The zero-order valence-electron chi connectivity index (χ0n) is 11.5. The maximum Gasteiger partial charge on any atom is 0.254 e. The molecule has 1 aromatic carbocycles. The Morgan fingerprint density at radius 2 is 2.05 bits per heavy atom. The lowest BCUT2D eigenvalue weighted by atomic mass is 9.99. The zero-order chi connectivity index (χ0) is 14.1. The first-order valence-electron chi connectivity index (χ1n) is 7.23. The van der Waals surface area contributed by atoms with E-state index in [1.807, 2.05) is 4.90 Å². The number of piperidine rings is 1. The van der Waals surface area contributed by atoms with Crippen molar-refractivity contribution in [3.8, 4) is 0 Å². The topological polar surface area (TPSA) is 49.6 Å². The van der Waals surface area contributed by atoms with Crippen molar-refractivity contribution < 1.29 is 9.18 Å². The molecule has 5 heteroatoms. The minimum Gasteiger partial charge on any atom is -0.399 e. The highest BCUT2D eigenvalue weighted by molar-refractivity contribution is 5.95. The van der Waals surface area contributed by atoms with Crippen LogP contribution in [-0.4, -0.2) is 47.9 Å². The van der Waals surface area contributed by atoms with Crippen LogP contribution in [0.15, 0.2) is 18.2 Å². The summed E-state index contributed by atoms with van der Waals surface area (Å²) in [5.74, 6) is -0.564. The van der Waals surface area contributed by atoms with Crippen molar-refractivity contribution in [2.45, 2.75) is 25.3 Å². The summed E-state index contributed by atoms with van der Waals surface area (Å²) in [6, 6.07) is 4.52. The molecule has 1 amide bonds. The molecule has 1 unspecified atom stereocenters. The van der Waals surface area contributed by atoms with E-state index in [0.29, 0.717) is 23.8 Å². The number of carbonyl (C=O) groups excluding carboxylic acids is 1. The molecule has 0 aliphatic carbocycles. The lowest BCUT2D eigenvalue weighted by Gasteiger charge is -2.44. The number of benzene rings is 1. The molecular weight excluding hydrogens is 257 g/mol. The SMILES string of the molecule is Nc1cc(F)cc(C(=O)N2CCN3CCCCC3C2)c1. The third-order valence-corrected chi connectivity index (χ3v) is 4.29. The van der Waals surface area contributed by atoms with Gasteiger partial charge in [-0.25, -0.2) is 4.39 Å². The van der Waals surface area contributed by atoms with E-state index in [1.54, 1.807) is 6.07 Å². The molecule has 2 N–H and O–H groups in total. The zero-order valence-corrected chi connectivity index (χ0v) is 11.5. The van der Waals surface area contributed by atoms with Gasteiger partial charge < -0.3 is 10.6 Å². The van der Waals surface area contributed by atoms with E-state index < -0.39 is 5.82 Å². The Balaban J connectivity index is 1.74. The summed E-state index contributed by atoms with van der Waals surface area (Å²) in [5, 5.41) is 0. The van der Waals surface area contributed by atoms with Crippen molar-refractivity contribution in [3.05, 3.63) is 29.6 Å². The van der Waals surface area contributed by atoms with E-state index >= 15 is 0 Å². The predicted octanol–water partition coefficient (Wildman–Crippen LogP) is 1.72. The Hall–Kier alpha value is -1.62. The van der Waals surface area contributed by atoms with Gasteiger partial charge in [-0.15, -0.1) is 0 Å². The second-order valence-electron chi connectivity index (χ2n) is 5.71. The highest BCUT2D eigenvalue weighted by Gasteiger charge is 2.31. The Morgan fingerprint density at radius 1 is 1.20 bits per heavy atom. The second kappa shape index (κ2) is 5.40. The number of carbonyl (C=O) groups is 1. The van der Waals surface area contributed by atoms with Gasteiger partial charge in [-0.1, -0.05) is 6.42 Å². The summed E-state index contributed by atoms with van der Waals surface area (Å²) in [4.78, 5) is 16.8. The number of amides is 1. The van der Waals surface area contributed by atoms with Crippen molar-refractivity contribution in [1.82, 2.24) is 9.80 Å². The minimum atomic E-state index is -0.454. The fraction of sp³-hybridized carbons (Fsp3) is 0.533. The van der Waals surface area contributed by atoms with Crippen LogP contribution in [0.25, 0.3) is 0 Å². The Morgan fingerprint density at radius 3 is 2.85 bits per heavy atom. The molecule has 2 saturated heterocycles. The maximum absolute atomic E-state index is 13.4. The van der Waals surface area contributed by atoms with E-state index in [-0.39, 0.29) is 5.91 Å². The largest absolute Gasteiger partial charge is 0.399 e. The van der Waals surface area contributed by atoms with Gasteiger partial charge in [0.2, 0.25) is 0 Å². The molecule has 20 heavy (non-hydrogen) atoms. The molecule has 0 radical (unpaired) electrons. The molecule has 3 rings (SSSR count). The molecular formula is C15H20FN3O. The fourth-order valence-corrected chi connectivity index (χ4v) is 3.26. The first-order chi connectivity index (χ1) is 9.63. The Kier molecular flexibility index (Phi) is 3.61. The number of piperazine rings is 1. The van der Waals surface area contributed by atoms with Gasteiger partial charge in [0.05, 0.1) is 0 Å². The second-order valence-corrected chi connectivity index (χ2v) is 5.71. The van der Waals surface area contributed by atoms with Crippen molar-refractivity contribution in [1.29, 1.82) is 0 Å². The summed E-state index contributed by atoms with van der Waals surface area (Å²) >= 11 is 0. The van der Waals surface area contributed by atoms with Gasteiger partial charge in [0.15, 0.2) is 0 Å². The smallest absolute Gasteiger partial charge is 0.254 e. The molecule has 1 aromatic rings. The van der Waals surface area contributed by atoms with Crippen LogP contribution in [0.1, 0.15) is 29.6 Å². The van der Waals surface area contributed by atoms with E-state index in [1.165, 1.54) is 25.0 Å². The molecule has 2 aliphatic rings. The van der Waals surface area contributed by atoms with Crippen LogP contribution >= 0.6 is 0 Å². The van der Waals surface area contributed by atoms with Crippen LogP contribution in [-0.2, 0) is 0 Å². The summed E-state index contributed by atoms with van der Waals surface area (Å²) in [7, 11) is 0. The first-order valence-corrected chi connectivity index (χ1v) is 7.23. The molecule has 4 nitrogen and oxygen atoms in total. The fourth-order valence-electron chi connectivity index (χ4n) is 3.26. The van der Waals surface area contributed by atoms with Crippen molar-refractivity contribution >= 4 is 11.6 Å². The highest BCUT2D eigenvalue weighted by Crippen LogP contribution is 2.22. The molecule has 0 bridgehead atoms. The molecule has 108 valence electrons. The van der Waals surface area contributed by atoms with E-state index in [9.17, 15) is 9.18 Å². The van der Waals surface area contributed by atoms with Gasteiger partial charge in [-0.3, -0.25) is 9.69 Å². The van der Waals surface area contributed by atoms with Crippen LogP contribution in [0, 0.1) is 5.82 Å². The van der Waals surface area contributed by atoms with Gasteiger partial charge >= 0.3 is 0 Å². The minimum absolute atomic E-state index is 0.110. The Bertz CT molecular complexity index is 500. The molecule has 0 saturated carbocycles. The monoisotopic (exact) mass is 277 g/mol. The number of anilines is 1. The quantitative estimate of drug-likeness (QED) is 0.795. The highest BCUT2D eigenvalue weighted by atomic mass is 19.1. The normalized spacial score (nSPS) is 23.4. The average Bonchev–Trinajstić information content (AvgIpc) is 2.45. The standard InChI is InChI=1S/C15H20FN3O/c16-12-7-11(8-13(17)9-12)15(20)19-6-5-18-4-2-1-3-14(18)10-19/h7-9,14H,1-6,10,17H2. The van der Waals surface area contributed by atoms with Crippen molar-refractivity contribution in [3.63, 3.8) is 0 Å². The van der Waals surface area contributed by atoms with Crippen LogP contribution in [0.5, 0.6) is 0 Å². The Labute approximate surface area is 118 Å². The van der Waals surface area contributed by atoms with E-state index in [0.717, 1.165) is 26.1 Å². The van der Waals surface area contributed by atoms with Crippen LogP contribution < -0.4 is 5.73 Å². The summed E-state index contributed by atoms with van der Waals surface area (Å²) in [5.41, 5.74) is 6.26. The van der Waals surface area contributed by atoms with Crippen molar-refractivity contribution in [2.75, 3.05) is 31.9 Å². The summed E-state index contributed by atoms with van der Waals surface area (Å²) < 4.78 is 13.4. The van der Waals surface area contributed by atoms with Gasteiger partial charge in [0.25, 0.3) is 5.91 Å². The van der Waals surface area contributed by atoms with Gasteiger partial charge in [-0.05, 0) is 37.6 Å². The lowest BCUT2D eigenvalue weighted by molar-refractivity contribution is 0.0372. The molecule has 1 atom stereocenters. The predicted molar refractivity (Wildman–Crippen MR) is 75.9 cm³/mol. The van der Waals surface area contributed by atoms with Gasteiger partial charge in [0.1, 0.15) is 5.82 Å². The van der Waals surface area contributed by atoms with Crippen LogP contribution in [0.4, 0.5) is 10.1 Å². The number of hydrogen-bond donors (Lipinski definition) is 1. The van der Waals surface area contributed by atoms with Gasteiger partial charge in [-0.2, -0.15) is 0 Å². The third kappa shape index (κ3) is 2.63.